The third-order valence-electron chi connectivity index (χ3n) is 2.37. The van der Waals surface area contributed by atoms with E-state index in [0.717, 1.165) is 19.3 Å². The lowest BCUT2D eigenvalue weighted by molar-refractivity contribution is -0.148. The normalized spacial score (nSPS) is 12.5. The Hall–Kier alpha value is -0.530. The van der Waals surface area contributed by atoms with E-state index in [1.807, 2.05) is 6.92 Å². The molecule has 0 radical (unpaired) electrons. The predicted molar refractivity (Wildman–Crippen MR) is 59.2 cm³/mol. The van der Waals surface area contributed by atoms with Gasteiger partial charge >= 0.3 is 5.97 Å². The highest BCUT2D eigenvalue weighted by molar-refractivity contribution is 5.71. The molecule has 0 aliphatic rings. The van der Waals surface area contributed by atoms with Crippen LogP contribution in [0.4, 0.5) is 0 Å². The maximum absolute atomic E-state index is 11.3. The number of hydrogen-bond acceptors (Lipinski definition) is 2. The van der Waals surface area contributed by atoms with Crippen molar-refractivity contribution in [1.82, 2.24) is 0 Å². The van der Waals surface area contributed by atoms with Gasteiger partial charge in [-0.3, -0.25) is 4.79 Å². The van der Waals surface area contributed by atoms with Crippen molar-refractivity contribution < 1.29 is 9.53 Å². The van der Waals surface area contributed by atoms with E-state index < -0.39 is 0 Å². The molecule has 0 saturated carbocycles. The van der Waals surface area contributed by atoms with Crippen molar-refractivity contribution in [2.24, 2.45) is 5.92 Å². The van der Waals surface area contributed by atoms with E-state index >= 15 is 0 Å². The van der Waals surface area contributed by atoms with Gasteiger partial charge in [0.1, 0.15) is 0 Å². The van der Waals surface area contributed by atoms with Crippen LogP contribution in [0.25, 0.3) is 0 Å². The lowest BCUT2D eigenvalue weighted by atomic mass is 10.1. The Morgan fingerprint density at radius 2 is 1.86 bits per heavy atom. The highest BCUT2D eigenvalue weighted by atomic mass is 16.5. The third-order valence-corrected chi connectivity index (χ3v) is 2.37. The summed E-state index contributed by atoms with van der Waals surface area (Å²) < 4.78 is 5.16. The summed E-state index contributed by atoms with van der Waals surface area (Å²) in [7, 11) is 0. The summed E-state index contributed by atoms with van der Waals surface area (Å²) in [5.41, 5.74) is 0. The van der Waals surface area contributed by atoms with E-state index in [-0.39, 0.29) is 11.9 Å². The molecule has 0 rings (SSSR count). The minimum Gasteiger partial charge on any atom is -0.465 e. The second-order valence-corrected chi connectivity index (χ2v) is 3.92. The molecule has 0 aromatic rings. The molecule has 0 amide bonds. The fourth-order valence-electron chi connectivity index (χ4n) is 1.39. The van der Waals surface area contributed by atoms with Crippen LogP contribution in [0.5, 0.6) is 0 Å². The molecule has 0 unspecified atom stereocenters. The minimum absolute atomic E-state index is 0.0247. The molecule has 0 aromatic heterocycles. The summed E-state index contributed by atoms with van der Waals surface area (Å²) in [6.45, 7) is 6.81. The van der Waals surface area contributed by atoms with Gasteiger partial charge in [0, 0.05) is 0 Å². The molecule has 0 aliphatic carbocycles. The van der Waals surface area contributed by atoms with E-state index in [0.29, 0.717) is 6.61 Å². The molecular formula is C12H24O2. The van der Waals surface area contributed by atoms with Crippen LogP contribution in [-0.2, 0) is 9.53 Å². The summed E-state index contributed by atoms with van der Waals surface area (Å²) in [6.07, 6.45) is 6.63. The molecule has 0 aromatic carbocycles. The number of carbonyl (C=O) groups is 1. The second-order valence-electron chi connectivity index (χ2n) is 3.92. The molecule has 84 valence electrons. The zero-order valence-corrected chi connectivity index (χ0v) is 9.84. The third kappa shape index (κ3) is 6.93. The quantitative estimate of drug-likeness (QED) is 0.442. The monoisotopic (exact) mass is 200 g/mol. The Bertz CT molecular complexity index is 143. The number of carbonyl (C=O) groups excluding carboxylic acids is 1. The van der Waals surface area contributed by atoms with Crippen LogP contribution in [-0.4, -0.2) is 12.6 Å². The molecule has 1 atom stereocenters. The lowest BCUT2D eigenvalue weighted by Gasteiger charge is -2.09. The van der Waals surface area contributed by atoms with Crippen LogP contribution in [0, 0.1) is 5.92 Å². The lowest BCUT2D eigenvalue weighted by Crippen LogP contribution is -2.15. The van der Waals surface area contributed by atoms with Crippen LogP contribution >= 0.6 is 0 Å². The van der Waals surface area contributed by atoms with Crippen molar-refractivity contribution in [3.05, 3.63) is 0 Å². The summed E-state index contributed by atoms with van der Waals surface area (Å²) >= 11 is 0. The molecule has 0 N–H and O–H groups in total. The van der Waals surface area contributed by atoms with Crippen LogP contribution in [0.3, 0.4) is 0 Å². The molecule has 0 fully saturated rings. The minimum atomic E-state index is -0.0247. The first-order valence-corrected chi connectivity index (χ1v) is 5.89. The maximum Gasteiger partial charge on any atom is 0.308 e. The Morgan fingerprint density at radius 3 is 2.43 bits per heavy atom. The number of ether oxygens (including phenoxy) is 1. The highest BCUT2D eigenvalue weighted by Crippen LogP contribution is 2.08. The zero-order chi connectivity index (χ0) is 10.8. The zero-order valence-electron chi connectivity index (χ0n) is 9.84. The van der Waals surface area contributed by atoms with Gasteiger partial charge in [-0.15, -0.1) is 0 Å². The summed E-state index contributed by atoms with van der Waals surface area (Å²) in [6, 6.07) is 0. The Kier molecular flexibility index (Phi) is 8.70. The average Bonchev–Trinajstić information content (AvgIpc) is 2.17. The molecule has 0 spiro atoms. The van der Waals surface area contributed by atoms with E-state index in [4.69, 9.17) is 4.74 Å². The Morgan fingerprint density at radius 1 is 1.14 bits per heavy atom. The SMILES string of the molecule is CCCCCCOC(=O)[C@@H](C)CCC. The van der Waals surface area contributed by atoms with Gasteiger partial charge in [-0.1, -0.05) is 46.5 Å². The molecule has 0 saturated heterocycles. The van der Waals surface area contributed by atoms with Crippen molar-refractivity contribution in [2.75, 3.05) is 6.61 Å². The largest absolute Gasteiger partial charge is 0.465 e. The van der Waals surface area contributed by atoms with Gasteiger partial charge in [-0.25, -0.2) is 0 Å². The van der Waals surface area contributed by atoms with E-state index in [2.05, 4.69) is 13.8 Å². The summed E-state index contributed by atoms with van der Waals surface area (Å²) in [5, 5.41) is 0. The standard InChI is InChI=1S/C12H24O2/c1-4-6-7-8-10-14-12(13)11(3)9-5-2/h11H,4-10H2,1-3H3/t11-/m0/s1. The van der Waals surface area contributed by atoms with Gasteiger partial charge in [0.05, 0.1) is 12.5 Å². The van der Waals surface area contributed by atoms with Crippen LogP contribution < -0.4 is 0 Å². The van der Waals surface area contributed by atoms with E-state index in [1.165, 1.54) is 19.3 Å². The van der Waals surface area contributed by atoms with Crippen LogP contribution in [0.15, 0.2) is 0 Å². The fourth-order valence-corrected chi connectivity index (χ4v) is 1.39. The highest BCUT2D eigenvalue weighted by Gasteiger charge is 2.12. The van der Waals surface area contributed by atoms with Gasteiger partial charge in [0.15, 0.2) is 0 Å². The molecule has 2 nitrogen and oxygen atoms in total. The van der Waals surface area contributed by atoms with Gasteiger partial charge in [-0.05, 0) is 12.8 Å². The van der Waals surface area contributed by atoms with Crippen LogP contribution in [0.2, 0.25) is 0 Å². The average molecular weight is 200 g/mol. The number of hydrogen-bond donors (Lipinski definition) is 0. The summed E-state index contributed by atoms with van der Waals surface area (Å²) in [5.74, 6) is 0.0505. The van der Waals surface area contributed by atoms with Gasteiger partial charge in [-0.2, -0.15) is 0 Å². The van der Waals surface area contributed by atoms with Crippen molar-refractivity contribution in [2.45, 2.75) is 59.3 Å². The topological polar surface area (TPSA) is 26.3 Å². The predicted octanol–water partition coefficient (Wildman–Crippen LogP) is 3.55. The van der Waals surface area contributed by atoms with Crippen LogP contribution in [0.1, 0.15) is 59.3 Å². The van der Waals surface area contributed by atoms with Gasteiger partial charge < -0.3 is 4.74 Å². The van der Waals surface area contributed by atoms with E-state index in [9.17, 15) is 4.79 Å². The molecule has 0 heterocycles. The first-order chi connectivity index (χ1) is 6.72. The van der Waals surface area contributed by atoms with Crippen molar-refractivity contribution >= 4 is 5.97 Å². The molecule has 14 heavy (non-hydrogen) atoms. The number of unbranched alkanes of at least 4 members (excludes halogenated alkanes) is 3. The van der Waals surface area contributed by atoms with Gasteiger partial charge in [0.25, 0.3) is 0 Å². The van der Waals surface area contributed by atoms with Crippen molar-refractivity contribution in [3.8, 4) is 0 Å². The van der Waals surface area contributed by atoms with Gasteiger partial charge in [0.2, 0.25) is 0 Å². The Labute approximate surface area is 88.0 Å². The first-order valence-electron chi connectivity index (χ1n) is 5.89. The van der Waals surface area contributed by atoms with Crippen molar-refractivity contribution in [3.63, 3.8) is 0 Å². The maximum atomic E-state index is 11.3. The van der Waals surface area contributed by atoms with Crippen molar-refractivity contribution in [1.29, 1.82) is 0 Å². The number of rotatable bonds is 8. The molecular weight excluding hydrogens is 176 g/mol. The first kappa shape index (κ1) is 13.5. The summed E-state index contributed by atoms with van der Waals surface area (Å²) in [4.78, 5) is 11.3. The van der Waals surface area contributed by atoms with E-state index in [1.54, 1.807) is 0 Å². The molecule has 0 bridgehead atoms. The smallest absolute Gasteiger partial charge is 0.308 e. The fraction of sp³-hybridized carbons (Fsp3) is 0.917. The number of esters is 1. The molecule has 2 heteroatoms. The second kappa shape index (κ2) is 9.04. The molecule has 0 aliphatic heterocycles. The Balaban J connectivity index is 3.34.